The lowest BCUT2D eigenvalue weighted by atomic mass is 9.97. The smallest absolute Gasteiger partial charge is 0.305 e. The van der Waals surface area contributed by atoms with Crippen molar-refractivity contribution < 1.29 is 19.4 Å². The Labute approximate surface area is 325 Å². The Kier molecular flexibility index (Phi) is 34.8. The molecule has 1 heterocycles. The van der Waals surface area contributed by atoms with Crippen LogP contribution in [0.2, 0.25) is 0 Å². The maximum absolute atomic E-state index is 12.5. The fraction of sp³-hybridized carbons (Fsp3) is 0.625. The number of hydrogen-bond acceptors (Lipinski definition) is 4. The van der Waals surface area contributed by atoms with Gasteiger partial charge in [-0.15, -0.1) is 0 Å². The van der Waals surface area contributed by atoms with E-state index in [4.69, 9.17) is 9.84 Å². The first-order valence-electron chi connectivity index (χ1n) is 21.4. The van der Waals surface area contributed by atoms with Gasteiger partial charge in [0.15, 0.2) is 0 Å². The van der Waals surface area contributed by atoms with Gasteiger partial charge in [0.05, 0.1) is 6.61 Å². The summed E-state index contributed by atoms with van der Waals surface area (Å²) >= 11 is 0. The molecule has 0 aromatic carbocycles. The maximum Gasteiger partial charge on any atom is 0.305 e. The molecule has 1 aliphatic heterocycles. The highest BCUT2D eigenvalue weighted by Gasteiger charge is 2.16. The predicted octanol–water partition coefficient (Wildman–Crippen LogP) is 13.4. The molecule has 0 aromatic heterocycles. The van der Waals surface area contributed by atoms with Crippen LogP contribution in [0.5, 0.6) is 0 Å². The summed E-state index contributed by atoms with van der Waals surface area (Å²) in [5.74, 6) is -0.302. The van der Waals surface area contributed by atoms with Gasteiger partial charge in [0.2, 0.25) is 0 Å². The summed E-state index contributed by atoms with van der Waals surface area (Å²) in [6.07, 6.45) is 60.0. The molecule has 1 N–H and O–H groups in total. The summed E-state index contributed by atoms with van der Waals surface area (Å²) < 4.78 is 5.80. The van der Waals surface area contributed by atoms with E-state index in [0.29, 0.717) is 25.4 Å². The first kappa shape index (κ1) is 47.8. The number of unbranched alkanes of at least 4 members (excludes halogenated alkanes) is 8. The van der Waals surface area contributed by atoms with E-state index in [9.17, 15) is 9.59 Å². The second kappa shape index (κ2) is 38.5. The summed E-state index contributed by atoms with van der Waals surface area (Å²) in [7, 11) is 0. The number of esters is 1. The molecule has 0 aromatic rings. The van der Waals surface area contributed by atoms with Gasteiger partial charge in [-0.2, -0.15) is 0 Å². The second-order valence-electron chi connectivity index (χ2n) is 14.4. The third-order valence-electron chi connectivity index (χ3n) is 9.47. The summed E-state index contributed by atoms with van der Waals surface area (Å²) in [5, 5.41) is 8.64. The van der Waals surface area contributed by atoms with Crippen molar-refractivity contribution in [2.45, 2.75) is 161 Å². The van der Waals surface area contributed by atoms with E-state index >= 15 is 0 Å². The lowest BCUT2D eigenvalue weighted by Gasteiger charge is -2.21. The molecule has 1 aliphatic rings. The number of carbonyl (C=O) groups excluding carboxylic acids is 1. The SMILES string of the molecule is CCCCCC=CCC=CCC=CCC=CCCCC(=O)OCC(CCCCCC=CCC=CCC=CCC=CCCCC(=O)O)CCN1CCCC1. The Hall–Kier alpha value is -3.18. The first-order chi connectivity index (χ1) is 26.1. The number of carboxylic acid groups (broad SMARTS) is 1. The zero-order valence-electron chi connectivity index (χ0n) is 33.7. The quantitative estimate of drug-likeness (QED) is 0.0399. The molecule has 0 amide bonds. The van der Waals surface area contributed by atoms with Gasteiger partial charge in [0, 0.05) is 12.8 Å². The van der Waals surface area contributed by atoms with Crippen molar-refractivity contribution in [2.75, 3.05) is 26.2 Å². The van der Waals surface area contributed by atoms with Crippen LogP contribution in [0.1, 0.15) is 161 Å². The Balaban J connectivity index is 2.14. The second-order valence-corrected chi connectivity index (χ2v) is 14.4. The Morgan fingerprint density at radius 2 is 0.981 bits per heavy atom. The van der Waals surface area contributed by atoms with Crippen LogP contribution in [-0.2, 0) is 14.3 Å². The van der Waals surface area contributed by atoms with Crippen molar-refractivity contribution in [1.29, 1.82) is 0 Å². The molecule has 5 nitrogen and oxygen atoms in total. The molecule has 0 bridgehead atoms. The number of allylic oxidation sites excluding steroid dienone is 16. The highest BCUT2D eigenvalue weighted by Crippen LogP contribution is 2.18. The molecule has 5 heteroatoms. The summed E-state index contributed by atoms with van der Waals surface area (Å²) in [6.45, 7) is 6.39. The van der Waals surface area contributed by atoms with Gasteiger partial charge in [-0.05, 0) is 141 Å². The fourth-order valence-corrected chi connectivity index (χ4v) is 6.18. The summed E-state index contributed by atoms with van der Waals surface area (Å²) in [5.41, 5.74) is 0. The average Bonchev–Trinajstić information content (AvgIpc) is 3.68. The topological polar surface area (TPSA) is 66.8 Å². The molecular weight excluding hydrogens is 655 g/mol. The van der Waals surface area contributed by atoms with Gasteiger partial charge in [0.1, 0.15) is 0 Å². The van der Waals surface area contributed by atoms with Crippen molar-refractivity contribution in [3.63, 3.8) is 0 Å². The molecule has 1 rings (SSSR count). The number of ether oxygens (including phenoxy) is 1. The highest BCUT2D eigenvalue weighted by molar-refractivity contribution is 5.69. The molecule has 1 atom stereocenters. The van der Waals surface area contributed by atoms with Gasteiger partial charge in [0.25, 0.3) is 0 Å². The minimum absolute atomic E-state index is 0.0406. The van der Waals surface area contributed by atoms with Crippen LogP contribution in [0.15, 0.2) is 97.2 Å². The van der Waals surface area contributed by atoms with Crippen molar-refractivity contribution in [3.8, 4) is 0 Å². The van der Waals surface area contributed by atoms with E-state index in [1.54, 1.807) is 0 Å². The molecule has 0 saturated carbocycles. The number of aliphatic carboxylic acids is 1. The molecule has 1 fully saturated rings. The van der Waals surface area contributed by atoms with Gasteiger partial charge in [-0.25, -0.2) is 0 Å². The molecule has 298 valence electrons. The number of nitrogens with zero attached hydrogens (tertiary/aromatic N) is 1. The van der Waals surface area contributed by atoms with Gasteiger partial charge in [-0.3, -0.25) is 9.59 Å². The lowest BCUT2D eigenvalue weighted by molar-refractivity contribution is -0.145. The van der Waals surface area contributed by atoms with Crippen molar-refractivity contribution in [2.24, 2.45) is 5.92 Å². The van der Waals surface area contributed by atoms with Crippen LogP contribution in [0, 0.1) is 5.92 Å². The minimum atomic E-state index is -0.722. The van der Waals surface area contributed by atoms with Crippen LogP contribution in [0.3, 0.4) is 0 Å². The van der Waals surface area contributed by atoms with Crippen molar-refractivity contribution >= 4 is 11.9 Å². The number of hydrogen-bond donors (Lipinski definition) is 1. The van der Waals surface area contributed by atoms with Crippen LogP contribution in [-0.4, -0.2) is 48.2 Å². The number of carboxylic acids is 1. The van der Waals surface area contributed by atoms with Crippen molar-refractivity contribution in [3.05, 3.63) is 97.2 Å². The zero-order valence-corrected chi connectivity index (χ0v) is 33.7. The maximum atomic E-state index is 12.5. The van der Waals surface area contributed by atoms with Crippen LogP contribution < -0.4 is 0 Å². The van der Waals surface area contributed by atoms with Gasteiger partial charge in [-0.1, -0.05) is 130 Å². The Morgan fingerprint density at radius 3 is 1.45 bits per heavy atom. The van der Waals surface area contributed by atoms with Crippen molar-refractivity contribution in [1.82, 2.24) is 4.90 Å². The molecular formula is C48H77NO4. The highest BCUT2D eigenvalue weighted by atomic mass is 16.5. The summed E-state index contributed by atoms with van der Waals surface area (Å²) in [6, 6.07) is 0. The largest absolute Gasteiger partial charge is 0.481 e. The molecule has 1 saturated heterocycles. The molecule has 0 spiro atoms. The average molecular weight is 732 g/mol. The van der Waals surface area contributed by atoms with E-state index in [-0.39, 0.29) is 12.4 Å². The van der Waals surface area contributed by atoms with E-state index in [1.807, 2.05) is 0 Å². The standard InChI is InChI=1S/C48H77NO4/c1-2-3-4-5-6-7-8-9-10-12-17-20-23-26-29-32-35-40-48(52)53-45-46(41-44-49-42-36-37-43-49)38-33-30-27-24-21-18-15-13-11-14-16-19-22-25-28-31-34-39-47(50)51/h6-7,9-11,13,16-21,25-26,28-29,46H,2-5,8,12,14-15,22-24,27,30-45H2,1H3,(H,50,51). The number of carbonyl (C=O) groups is 2. The third-order valence-corrected chi connectivity index (χ3v) is 9.47. The van der Waals surface area contributed by atoms with Gasteiger partial charge < -0.3 is 14.7 Å². The first-order valence-corrected chi connectivity index (χ1v) is 21.4. The van der Waals surface area contributed by atoms with E-state index in [2.05, 4.69) is 109 Å². The lowest BCUT2D eigenvalue weighted by Crippen LogP contribution is -2.24. The minimum Gasteiger partial charge on any atom is -0.481 e. The molecule has 0 aliphatic carbocycles. The monoisotopic (exact) mass is 732 g/mol. The molecule has 0 radical (unpaired) electrons. The number of rotatable bonds is 35. The van der Waals surface area contributed by atoms with Crippen LogP contribution >= 0.6 is 0 Å². The molecule has 1 unspecified atom stereocenters. The number of likely N-dealkylation sites (tertiary alicyclic amines) is 1. The van der Waals surface area contributed by atoms with E-state index in [1.165, 1.54) is 70.9 Å². The fourth-order valence-electron chi connectivity index (χ4n) is 6.18. The Bertz CT molecular complexity index is 1100. The van der Waals surface area contributed by atoms with E-state index in [0.717, 1.165) is 83.6 Å². The predicted molar refractivity (Wildman–Crippen MR) is 228 cm³/mol. The van der Waals surface area contributed by atoms with Crippen LogP contribution in [0.4, 0.5) is 0 Å². The Morgan fingerprint density at radius 1 is 0.547 bits per heavy atom. The normalized spacial score (nSPS) is 15.1. The summed E-state index contributed by atoms with van der Waals surface area (Å²) in [4.78, 5) is 25.6. The van der Waals surface area contributed by atoms with E-state index < -0.39 is 5.97 Å². The third kappa shape index (κ3) is 35.6. The van der Waals surface area contributed by atoms with Crippen LogP contribution in [0.25, 0.3) is 0 Å². The molecule has 53 heavy (non-hydrogen) atoms. The zero-order chi connectivity index (χ0) is 38.1. The van der Waals surface area contributed by atoms with Gasteiger partial charge >= 0.3 is 11.9 Å².